The van der Waals surface area contributed by atoms with Gasteiger partial charge >= 0.3 is 0 Å². The van der Waals surface area contributed by atoms with Crippen molar-refractivity contribution in [1.82, 2.24) is 14.8 Å². The molecule has 126 valence electrons. The van der Waals surface area contributed by atoms with Crippen LogP contribution in [-0.4, -0.2) is 46.4 Å². The smallest absolute Gasteiger partial charge is 0.227 e. The first kappa shape index (κ1) is 15.6. The highest BCUT2D eigenvalue weighted by Crippen LogP contribution is 2.36. The average molecular weight is 334 g/mol. The summed E-state index contributed by atoms with van der Waals surface area (Å²) in [5.41, 5.74) is 1.25. The minimum Gasteiger partial charge on any atom is -0.338 e. The minimum absolute atomic E-state index is 0.228. The van der Waals surface area contributed by atoms with Crippen molar-refractivity contribution in [3.05, 3.63) is 15.6 Å². The van der Waals surface area contributed by atoms with Crippen LogP contribution in [-0.2, 0) is 17.8 Å². The Labute approximate surface area is 142 Å². The van der Waals surface area contributed by atoms with E-state index < -0.39 is 0 Å². The molecule has 1 aromatic heterocycles. The quantitative estimate of drug-likeness (QED) is 0.831. The first-order chi connectivity index (χ1) is 11.1. The topological polar surface area (TPSA) is 36.4 Å². The molecule has 1 saturated carbocycles. The zero-order chi connectivity index (χ0) is 16.0. The van der Waals surface area contributed by atoms with Crippen LogP contribution in [0.25, 0.3) is 0 Å². The zero-order valence-electron chi connectivity index (χ0n) is 14.3. The third kappa shape index (κ3) is 3.18. The summed E-state index contributed by atoms with van der Waals surface area (Å²) in [6.07, 6.45) is 5.94. The molecule has 4 aliphatic rings. The molecule has 3 saturated heterocycles. The lowest BCUT2D eigenvalue weighted by molar-refractivity contribution is -0.140. The van der Waals surface area contributed by atoms with E-state index in [2.05, 4.69) is 28.6 Å². The Morgan fingerprint density at radius 2 is 2.04 bits per heavy atom. The molecule has 1 aliphatic carbocycles. The Bertz CT molecular complexity index is 595. The number of hydrogen-bond donors (Lipinski definition) is 0. The normalized spacial score (nSPS) is 28.4. The van der Waals surface area contributed by atoms with Crippen LogP contribution in [0, 0.1) is 18.8 Å². The van der Waals surface area contributed by atoms with E-state index >= 15 is 0 Å². The molecule has 2 bridgehead atoms. The van der Waals surface area contributed by atoms with Gasteiger partial charge in [-0.15, -0.1) is 11.3 Å². The number of rotatable bonds is 5. The van der Waals surface area contributed by atoms with Gasteiger partial charge in [0.1, 0.15) is 0 Å². The fraction of sp³-hybridized carbons (Fsp3) is 0.778. The summed E-state index contributed by atoms with van der Waals surface area (Å²) in [4.78, 5) is 23.6. The second-order valence-corrected chi connectivity index (χ2v) is 8.80. The summed E-state index contributed by atoms with van der Waals surface area (Å²) in [6, 6.07) is 0.445. The summed E-state index contributed by atoms with van der Waals surface area (Å²) in [6.45, 7) is 8.27. The Balaban J connectivity index is 1.49. The number of piperidine rings is 1. The molecule has 5 heteroatoms. The fourth-order valence-corrected chi connectivity index (χ4v) is 5.26. The van der Waals surface area contributed by atoms with E-state index in [1.165, 1.54) is 34.8 Å². The SMILES string of the molecule is CCc1nc(C)sc1CN1C[C@H]2CC[C@@H](C1)N(CC1CC1)C2=O. The molecule has 0 unspecified atom stereocenters. The summed E-state index contributed by atoms with van der Waals surface area (Å²) in [5.74, 6) is 1.46. The average Bonchev–Trinajstić information content (AvgIpc) is 3.31. The van der Waals surface area contributed by atoms with E-state index in [-0.39, 0.29) is 5.92 Å². The molecule has 0 spiro atoms. The van der Waals surface area contributed by atoms with Crippen LogP contribution in [0.3, 0.4) is 0 Å². The molecule has 3 aliphatic heterocycles. The van der Waals surface area contributed by atoms with E-state index in [0.29, 0.717) is 11.9 Å². The van der Waals surface area contributed by atoms with E-state index in [1.807, 2.05) is 11.3 Å². The van der Waals surface area contributed by atoms with Gasteiger partial charge in [-0.2, -0.15) is 0 Å². The van der Waals surface area contributed by atoms with E-state index in [1.54, 1.807) is 0 Å². The lowest BCUT2D eigenvalue weighted by atomic mass is 9.94. The van der Waals surface area contributed by atoms with Crippen molar-refractivity contribution in [2.45, 2.75) is 58.5 Å². The monoisotopic (exact) mass is 333 g/mol. The minimum atomic E-state index is 0.228. The number of carbonyl (C=O) groups is 1. The van der Waals surface area contributed by atoms with Crippen molar-refractivity contribution in [3.8, 4) is 0 Å². The number of carbonyl (C=O) groups excluding carboxylic acids is 1. The van der Waals surface area contributed by atoms with Gasteiger partial charge in [0.25, 0.3) is 0 Å². The highest BCUT2D eigenvalue weighted by molar-refractivity contribution is 7.11. The van der Waals surface area contributed by atoms with Gasteiger partial charge in [0.15, 0.2) is 0 Å². The van der Waals surface area contributed by atoms with Gasteiger partial charge in [-0.1, -0.05) is 6.92 Å². The van der Waals surface area contributed by atoms with E-state index in [9.17, 15) is 4.79 Å². The predicted molar refractivity (Wildman–Crippen MR) is 92.5 cm³/mol. The van der Waals surface area contributed by atoms with Gasteiger partial charge in [0.2, 0.25) is 5.91 Å². The number of aromatic nitrogens is 1. The Hall–Kier alpha value is -0.940. The molecule has 4 heterocycles. The summed E-state index contributed by atoms with van der Waals surface area (Å²) >= 11 is 1.83. The Morgan fingerprint density at radius 1 is 1.22 bits per heavy atom. The number of thiazole rings is 1. The molecule has 1 aromatic rings. The van der Waals surface area contributed by atoms with Crippen LogP contribution >= 0.6 is 11.3 Å². The van der Waals surface area contributed by atoms with Crippen molar-refractivity contribution in [1.29, 1.82) is 0 Å². The van der Waals surface area contributed by atoms with Crippen molar-refractivity contribution < 1.29 is 4.79 Å². The lowest BCUT2D eigenvalue weighted by Crippen LogP contribution is -2.48. The van der Waals surface area contributed by atoms with Crippen molar-refractivity contribution >= 4 is 17.2 Å². The van der Waals surface area contributed by atoms with Gasteiger partial charge < -0.3 is 4.90 Å². The van der Waals surface area contributed by atoms with E-state index in [4.69, 9.17) is 0 Å². The van der Waals surface area contributed by atoms with Crippen LogP contribution in [0.4, 0.5) is 0 Å². The number of aryl methyl sites for hydroxylation is 2. The van der Waals surface area contributed by atoms with Crippen LogP contribution < -0.4 is 0 Å². The predicted octanol–water partition coefficient (Wildman–Crippen LogP) is 2.85. The van der Waals surface area contributed by atoms with Crippen LogP contribution in [0.5, 0.6) is 0 Å². The Kier molecular flexibility index (Phi) is 4.18. The molecule has 5 rings (SSSR count). The fourth-order valence-electron chi connectivity index (χ4n) is 4.19. The molecular weight excluding hydrogens is 306 g/mol. The second-order valence-electron chi connectivity index (χ2n) is 7.51. The molecule has 0 radical (unpaired) electrons. The number of amides is 1. The first-order valence-corrected chi connectivity index (χ1v) is 9.93. The number of fused-ring (bicyclic) bond motifs is 4. The van der Waals surface area contributed by atoms with Crippen LogP contribution in [0.15, 0.2) is 0 Å². The standard InChI is InChI=1S/C18H27N3OS/c1-3-16-17(23-12(2)19-16)11-20-9-14-6-7-15(10-20)21(18(14)22)8-13-4-5-13/h13-15H,3-11H2,1-2H3/t14-,15+/m1/s1. The number of nitrogens with zero attached hydrogens (tertiary/aromatic N) is 3. The van der Waals surface area contributed by atoms with Gasteiger partial charge in [0, 0.05) is 37.1 Å². The largest absolute Gasteiger partial charge is 0.338 e. The third-order valence-corrected chi connectivity index (χ3v) is 6.61. The molecule has 0 N–H and O–H groups in total. The van der Waals surface area contributed by atoms with Crippen LogP contribution in [0.1, 0.15) is 48.2 Å². The highest BCUT2D eigenvalue weighted by Gasteiger charge is 2.42. The van der Waals surface area contributed by atoms with Gasteiger partial charge in [-0.05, 0) is 44.9 Å². The summed E-state index contributed by atoms with van der Waals surface area (Å²) < 4.78 is 0. The number of hydrogen-bond acceptors (Lipinski definition) is 4. The van der Waals surface area contributed by atoms with Crippen molar-refractivity contribution in [2.75, 3.05) is 19.6 Å². The van der Waals surface area contributed by atoms with Crippen molar-refractivity contribution in [2.24, 2.45) is 11.8 Å². The van der Waals surface area contributed by atoms with Gasteiger partial charge in [-0.25, -0.2) is 4.98 Å². The molecule has 1 amide bonds. The zero-order valence-corrected chi connectivity index (χ0v) is 15.1. The molecular formula is C18H27N3OS. The first-order valence-electron chi connectivity index (χ1n) is 9.12. The lowest BCUT2D eigenvalue weighted by Gasteiger charge is -2.36. The highest BCUT2D eigenvalue weighted by atomic mass is 32.1. The molecule has 23 heavy (non-hydrogen) atoms. The maximum Gasteiger partial charge on any atom is 0.227 e. The van der Waals surface area contributed by atoms with E-state index in [0.717, 1.165) is 44.9 Å². The molecule has 4 fully saturated rings. The maximum atomic E-state index is 12.8. The Morgan fingerprint density at radius 3 is 2.78 bits per heavy atom. The van der Waals surface area contributed by atoms with Gasteiger partial charge in [0.05, 0.1) is 16.6 Å². The summed E-state index contributed by atoms with van der Waals surface area (Å²) in [5, 5.41) is 1.17. The van der Waals surface area contributed by atoms with Gasteiger partial charge in [-0.3, -0.25) is 9.69 Å². The molecule has 4 nitrogen and oxygen atoms in total. The van der Waals surface area contributed by atoms with Crippen molar-refractivity contribution in [3.63, 3.8) is 0 Å². The maximum absolute atomic E-state index is 12.8. The second kappa shape index (κ2) is 6.17. The molecule has 0 aromatic carbocycles. The molecule has 2 atom stereocenters. The summed E-state index contributed by atoms with van der Waals surface area (Å²) in [7, 11) is 0. The van der Waals surface area contributed by atoms with Crippen LogP contribution in [0.2, 0.25) is 0 Å². The third-order valence-electron chi connectivity index (χ3n) is 5.61.